The van der Waals surface area contributed by atoms with Crippen LogP contribution in [0.15, 0.2) is 66.9 Å². The molecule has 0 saturated heterocycles. The maximum absolute atomic E-state index is 12.3. The molecule has 3 N–H and O–H groups in total. The lowest BCUT2D eigenvalue weighted by atomic mass is 9.90. The molecule has 0 aliphatic carbocycles. The SMILES string of the molecule is CCCC=CC(c1cc(Cl)c2cccnc2c1O)C(Oc1ccccc1)C(N)=O. The highest BCUT2D eigenvalue weighted by Gasteiger charge is 2.31. The number of hydrogen-bond donors (Lipinski definition) is 2. The van der Waals surface area contributed by atoms with Crippen LogP contribution in [0.2, 0.25) is 5.02 Å². The molecule has 150 valence electrons. The van der Waals surface area contributed by atoms with E-state index in [-0.39, 0.29) is 5.75 Å². The fraction of sp³-hybridized carbons (Fsp3) is 0.217. The molecule has 3 aromatic rings. The Labute approximate surface area is 174 Å². The Hall–Kier alpha value is -3.05. The molecule has 1 amide bonds. The summed E-state index contributed by atoms with van der Waals surface area (Å²) in [6.45, 7) is 2.06. The van der Waals surface area contributed by atoms with Gasteiger partial charge in [0, 0.05) is 17.1 Å². The number of halogens is 1. The number of phenols is 1. The van der Waals surface area contributed by atoms with Crippen molar-refractivity contribution in [2.45, 2.75) is 31.8 Å². The van der Waals surface area contributed by atoms with E-state index in [4.69, 9.17) is 22.1 Å². The molecule has 1 aromatic heterocycles. The first-order valence-electron chi connectivity index (χ1n) is 9.46. The number of carbonyl (C=O) groups excluding carboxylic acids is 1. The summed E-state index contributed by atoms with van der Waals surface area (Å²) in [4.78, 5) is 16.6. The van der Waals surface area contributed by atoms with Gasteiger partial charge in [0.25, 0.3) is 5.91 Å². The number of para-hydroxylation sites is 1. The van der Waals surface area contributed by atoms with Gasteiger partial charge in [-0.15, -0.1) is 0 Å². The minimum atomic E-state index is -1.03. The third-order valence-corrected chi connectivity index (χ3v) is 4.93. The number of ether oxygens (including phenoxy) is 1. The molecule has 0 radical (unpaired) electrons. The van der Waals surface area contributed by atoms with Crippen molar-refractivity contribution in [3.05, 3.63) is 77.5 Å². The maximum atomic E-state index is 12.3. The first kappa shape index (κ1) is 20.7. The summed E-state index contributed by atoms with van der Waals surface area (Å²) < 4.78 is 5.93. The van der Waals surface area contributed by atoms with E-state index in [0.717, 1.165) is 12.8 Å². The quantitative estimate of drug-likeness (QED) is 0.513. The second-order valence-electron chi connectivity index (χ2n) is 6.69. The number of nitrogens with zero attached hydrogens (tertiary/aromatic N) is 1. The minimum absolute atomic E-state index is 0.0425. The van der Waals surface area contributed by atoms with E-state index < -0.39 is 17.9 Å². The molecule has 3 rings (SSSR count). The summed E-state index contributed by atoms with van der Waals surface area (Å²) in [5.41, 5.74) is 6.51. The van der Waals surface area contributed by atoms with Crippen molar-refractivity contribution >= 4 is 28.4 Å². The number of pyridine rings is 1. The average Bonchev–Trinajstić information content (AvgIpc) is 2.73. The fourth-order valence-electron chi connectivity index (χ4n) is 3.19. The van der Waals surface area contributed by atoms with Gasteiger partial charge in [-0.3, -0.25) is 9.78 Å². The zero-order chi connectivity index (χ0) is 20.8. The van der Waals surface area contributed by atoms with Crippen LogP contribution in [-0.4, -0.2) is 22.1 Å². The number of fused-ring (bicyclic) bond motifs is 1. The lowest BCUT2D eigenvalue weighted by Gasteiger charge is -2.25. The summed E-state index contributed by atoms with van der Waals surface area (Å²) in [5, 5.41) is 12.0. The van der Waals surface area contributed by atoms with E-state index in [9.17, 15) is 9.90 Å². The molecule has 0 aliphatic heterocycles. The van der Waals surface area contributed by atoms with Crippen molar-refractivity contribution in [2.24, 2.45) is 5.73 Å². The summed E-state index contributed by atoms with van der Waals surface area (Å²) in [5.74, 6) is -0.812. The molecule has 2 atom stereocenters. The molecule has 2 unspecified atom stereocenters. The van der Waals surface area contributed by atoms with Gasteiger partial charge in [-0.2, -0.15) is 0 Å². The van der Waals surface area contributed by atoms with E-state index in [2.05, 4.69) is 11.9 Å². The van der Waals surface area contributed by atoms with E-state index in [0.29, 0.717) is 27.2 Å². The Morgan fingerprint density at radius 1 is 1.28 bits per heavy atom. The number of primary amides is 1. The number of benzene rings is 2. The maximum Gasteiger partial charge on any atom is 0.259 e. The zero-order valence-electron chi connectivity index (χ0n) is 16.1. The van der Waals surface area contributed by atoms with Crippen LogP contribution >= 0.6 is 11.6 Å². The van der Waals surface area contributed by atoms with Crippen LogP contribution in [0.4, 0.5) is 0 Å². The van der Waals surface area contributed by atoms with Gasteiger partial charge in [-0.1, -0.05) is 55.3 Å². The van der Waals surface area contributed by atoms with E-state index in [1.807, 2.05) is 30.4 Å². The molecular formula is C23H23ClN2O3. The highest BCUT2D eigenvalue weighted by molar-refractivity contribution is 6.35. The standard InChI is InChI=1S/C23H23ClN2O3/c1-2-3-5-11-16(22(23(25)28)29-15-9-6-4-7-10-15)18-14-19(24)17-12-8-13-26-20(17)21(18)27/h4-14,16,22,27H,2-3H2,1H3,(H2,25,28). The monoisotopic (exact) mass is 410 g/mol. The van der Waals surface area contributed by atoms with Crippen molar-refractivity contribution in [3.8, 4) is 11.5 Å². The number of unbranched alkanes of at least 4 members (excludes halogenated alkanes) is 1. The molecule has 1 heterocycles. The number of amides is 1. The van der Waals surface area contributed by atoms with Gasteiger partial charge in [-0.25, -0.2) is 0 Å². The summed E-state index contributed by atoms with van der Waals surface area (Å²) in [7, 11) is 0. The molecule has 5 nitrogen and oxygen atoms in total. The normalized spacial score (nSPS) is 13.4. The Bertz CT molecular complexity index is 1020. The van der Waals surface area contributed by atoms with E-state index in [1.54, 1.807) is 36.5 Å². The smallest absolute Gasteiger partial charge is 0.259 e. The lowest BCUT2D eigenvalue weighted by Crippen LogP contribution is -2.38. The van der Waals surface area contributed by atoms with Crippen LogP contribution < -0.4 is 10.5 Å². The van der Waals surface area contributed by atoms with Crippen molar-refractivity contribution in [3.63, 3.8) is 0 Å². The molecule has 0 spiro atoms. The van der Waals surface area contributed by atoms with Crippen molar-refractivity contribution in [1.82, 2.24) is 4.98 Å². The topological polar surface area (TPSA) is 85.4 Å². The van der Waals surface area contributed by atoms with Crippen LogP contribution in [0.25, 0.3) is 10.9 Å². The summed E-state index contributed by atoms with van der Waals surface area (Å²) in [6, 6.07) is 14.1. The minimum Gasteiger partial charge on any atom is -0.505 e. The summed E-state index contributed by atoms with van der Waals surface area (Å²) in [6.07, 6.45) is 6.08. The number of carbonyl (C=O) groups is 1. The largest absolute Gasteiger partial charge is 0.505 e. The Morgan fingerprint density at radius 2 is 2.03 bits per heavy atom. The number of phenolic OH excluding ortho intramolecular Hbond substituents is 1. The first-order valence-corrected chi connectivity index (χ1v) is 9.84. The molecule has 0 bridgehead atoms. The van der Waals surface area contributed by atoms with Crippen LogP contribution in [-0.2, 0) is 4.79 Å². The van der Waals surface area contributed by atoms with Crippen molar-refractivity contribution in [2.75, 3.05) is 0 Å². The van der Waals surface area contributed by atoms with Crippen molar-refractivity contribution in [1.29, 1.82) is 0 Å². The van der Waals surface area contributed by atoms with Gasteiger partial charge in [-0.05, 0) is 36.8 Å². The zero-order valence-corrected chi connectivity index (χ0v) is 16.8. The molecular weight excluding hydrogens is 388 g/mol. The van der Waals surface area contributed by atoms with Crippen LogP contribution in [0.3, 0.4) is 0 Å². The van der Waals surface area contributed by atoms with Crippen LogP contribution in [0.5, 0.6) is 11.5 Å². The Kier molecular flexibility index (Phi) is 6.73. The predicted octanol–water partition coefficient (Wildman–Crippen LogP) is 4.97. The third-order valence-electron chi connectivity index (χ3n) is 4.62. The Morgan fingerprint density at radius 3 is 2.72 bits per heavy atom. The van der Waals surface area contributed by atoms with Gasteiger partial charge >= 0.3 is 0 Å². The number of rotatable bonds is 8. The number of hydrogen-bond acceptors (Lipinski definition) is 4. The summed E-state index contributed by atoms with van der Waals surface area (Å²) >= 11 is 6.45. The average molecular weight is 411 g/mol. The number of aromatic nitrogens is 1. The lowest BCUT2D eigenvalue weighted by molar-refractivity contribution is -0.125. The van der Waals surface area contributed by atoms with Gasteiger partial charge < -0.3 is 15.6 Å². The third kappa shape index (κ3) is 4.69. The second kappa shape index (κ2) is 9.43. The van der Waals surface area contributed by atoms with Gasteiger partial charge in [0.05, 0.1) is 10.9 Å². The molecule has 0 saturated carbocycles. The highest BCUT2D eigenvalue weighted by Crippen LogP contribution is 2.39. The van der Waals surface area contributed by atoms with Crippen LogP contribution in [0, 0.1) is 0 Å². The molecule has 0 fully saturated rings. The van der Waals surface area contributed by atoms with Gasteiger partial charge in [0.15, 0.2) is 6.10 Å². The Balaban J connectivity index is 2.12. The van der Waals surface area contributed by atoms with Crippen molar-refractivity contribution < 1.29 is 14.6 Å². The molecule has 6 heteroatoms. The van der Waals surface area contributed by atoms with E-state index >= 15 is 0 Å². The van der Waals surface area contributed by atoms with Crippen LogP contribution in [0.1, 0.15) is 31.2 Å². The van der Waals surface area contributed by atoms with Gasteiger partial charge in [0.1, 0.15) is 17.0 Å². The fourth-order valence-corrected chi connectivity index (χ4v) is 3.46. The number of allylic oxidation sites excluding steroid dienone is 1. The first-order chi connectivity index (χ1) is 14.0. The number of nitrogens with two attached hydrogens (primary N) is 1. The predicted molar refractivity (Wildman–Crippen MR) is 115 cm³/mol. The molecule has 29 heavy (non-hydrogen) atoms. The second-order valence-corrected chi connectivity index (χ2v) is 7.10. The highest BCUT2D eigenvalue weighted by atomic mass is 35.5. The molecule has 0 aliphatic rings. The number of aromatic hydroxyl groups is 1. The van der Waals surface area contributed by atoms with Gasteiger partial charge in [0.2, 0.25) is 0 Å². The van der Waals surface area contributed by atoms with E-state index in [1.165, 1.54) is 0 Å². The molecule has 2 aromatic carbocycles.